The topological polar surface area (TPSA) is 18.5 Å². The maximum absolute atomic E-state index is 5.64. The summed E-state index contributed by atoms with van der Waals surface area (Å²) in [5.74, 6) is 0. The zero-order valence-corrected chi connectivity index (χ0v) is 17.5. The monoisotopic (exact) mass is 476 g/mol. The van der Waals surface area contributed by atoms with Crippen LogP contribution in [0.5, 0.6) is 0 Å². The minimum absolute atomic E-state index is 0.0148. The fourth-order valence-electron chi connectivity index (χ4n) is 1.91. The standard InChI is InChI=1S/C12H12O2S4Se2/c1-5-6(2)20-12(19-5)11-17-9-10(18-11)16-8(15-9)7-13-3-4-14-7/h7-8H,3-4H2,1-2H3. The van der Waals surface area contributed by atoms with E-state index in [9.17, 15) is 0 Å². The zero-order valence-electron chi connectivity index (χ0n) is 10.8. The molecule has 0 amide bonds. The van der Waals surface area contributed by atoms with Gasteiger partial charge >= 0.3 is 149 Å². The van der Waals surface area contributed by atoms with Gasteiger partial charge in [-0.15, -0.1) is 0 Å². The van der Waals surface area contributed by atoms with E-state index >= 15 is 0 Å². The van der Waals surface area contributed by atoms with Crippen LogP contribution in [0.25, 0.3) is 0 Å². The Hall–Kier alpha value is 1.58. The van der Waals surface area contributed by atoms with Crippen LogP contribution < -0.4 is 0 Å². The van der Waals surface area contributed by atoms with Gasteiger partial charge in [0.2, 0.25) is 0 Å². The molecule has 1 saturated heterocycles. The second kappa shape index (κ2) is 6.23. The van der Waals surface area contributed by atoms with Crippen molar-refractivity contribution in [3.05, 3.63) is 25.0 Å². The Morgan fingerprint density at radius 1 is 0.900 bits per heavy atom. The van der Waals surface area contributed by atoms with Crippen molar-refractivity contribution in [3.63, 3.8) is 0 Å². The predicted octanol–water partition coefficient (Wildman–Crippen LogP) is 3.57. The quantitative estimate of drug-likeness (QED) is 0.538. The van der Waals surface area contributed by atoms with Crippen LogP contribution in [0.4, 0.5) is 0 Å². The van der Waals surface area contributed by atoms with Gasteiger partial charge in [-0.2, -0.15) is 0 Å². The molecule has 0 atom stereocenters. The summed E-state index contributed by atoms with van der Waals surface area (Å²) < 4.78 is 21.3. The molecule has 0 N–H and O–H groups in total. The van der Waals surface area contributed by atoms with E-state index in [1.165, 1.54) is 8.47 Å². The van der Waals surface area contributed by atoms with Crippen molar-refractivity contribution in [2.45, 2.75) is 24.7 Å². The summed E-state index contributed by atoms with van der Waals surface area (Å²) in [7, 11) is 0. The third kappa shape index (κ3) is 2.86. The average molecular weight is 474 g/mol. The van der Waals surface area contributed by atoms with Gasteiger partial charge in [0.1, 0.15) is 0 Å². The summed E-state index contributed by atoms with van der Waals surface area (Å²) in [4.78, 5) is 0. The van der Waals surface area contributed by atoms with Crippen molar-refractivity contribution >= 4 is 77.0 Å². The normalized spacial score (nSPS) is 28.5. The van der Waals surface area contributed by atoms with Crippen LogP contribution in [-0.4, -0.2) is 54.0 Å². The minimum atomic E-state index is -0.0148. The number of thioether (sulfide) groups is 4. The van der Waals surface area contributed by atoms with Crippen LogP contribution >= 0.6 is 47.0 Å². The van der Waals surface area contributed by atoms with E-state index in [0.29, 0.717) is 34.5 Å². The van der Waals surface area contributed by atoms with Crippen LogP contribution in [0.3, 0.4) is 0 Å². The number of hydrogen-bond acceptors (Lipinski definition) is 6. The van der Waals surface area contributed by atoms with Gasteiger partial charge in [0, 0.05) is 0 Å². The van der Waals surface area contributed by atoms with E-state index in [2.05, 4.69) is 13.8 Å². The van der Waals surface area contributed by atoms with E-state index in [-0.39, 0.29) is 6.29 Å². The number of hydrogen-bond donors (Lipinski definition) is 0. The first-order valence-corrected chi connectivity index (χ1v) is 13.0. The molecule has 108 valence electrons. The first-order chi connectivity index (χ1) is 9.70. The second-order valence-corrected chi connectivity index (χ2v) is 16.3. The van der Waals surface area contributed by atoms with Crippen molar-refractivity contribution in [1.82, 2.24) is 0 Å². The van der Waals surface area contributed by atoms with Crippen molar-refractivity contribution < 1.29 is 9.47 Å². The summed E-state index contributed by atoms with van der Waals surface area (Å²) in [6.07, 6.45) is -0.0148. The van der Waals surface area contributed by atoms with Crippen LogP contribution in [-0.2, 0) is 9.47 Å². The van der Waals surface area contributed by atoms with Gasteiger partial charge < -0.3 is 0 Å². The molecule has 0 aliphatic carbocycles. The summed E-state index contributed by atoms with van der Waals surface area (Å²) in [6, 6.07) is 0. The number of allylic oxidation sites excluding steroid dienone is 2. The third-order valence-corrected chi connectivity index (χ3v) is 16.8. The SMILES string of the molecule is CC1=C(C)[Se]C(=C2SC3=C(S2)SC(C2OCCO2)S3)[Se]1. The molecule has 4 aliphatic rings. The summed E-state index contributed by atoms with van der Waals surface area (Å²) in [6.45, 7) is 6.12. The summed E-state index contributed by atoms with van der Waals surface area (Å²) in [5.41, 5.74) is 0. The molecule has 0 spiro atoms. The summed E-state index contributed by atoms with van der Waals surface area (Å²) in [5, 5.41) is 0. The predicted molar refractivity (Wildman–Crippen MR) is 93.8 cm³/mol. The van der Waals surface area contributed by atoms with E-state index in [0.717, 1.165) is 13.2 Å². The van der Waals surface area contributed by atoms with Gasteiger partial charge in [0.25, 0.3) is 0 Å². The Balaban J connectivity index is 1.42. The van der Waals surface area contributed by atoms with Gasteiger partial charge in [-0.1, -0.05) is 0 Å². The van der Waals surface area contributed by atoms with Crippen molar-refractivity contribution in [2.75, 3.05) is 13.2 Å². The molecule has 4 aliphatic heterocycles. The Kier molecular flexibility index (Phi) is 4.71. The summed E-state index contributed by atoms with van der Waals surface area (Å²) >= 11 is 9.13. The molecular weight excluding hydrogens is 462 g/mol. The molecule has 4 rings (SSSR count). The van der Waals surface area contributed by atoms with E-state index in [1.807, 2.05) is 47.0 Å². The molecular formula is C12H12O2S4Se2. The van der Waals surface area contributed by atoms with Crippen LogP contribution in [0.2, 0.25) is 0 Å². The van der Waals surface area contributed by atoms with E-state index < -0.39 is 0 Å². The maximum atomic E-state index is 5.64. The Labute approximate surface area is 148 Å². The molecule has 1 fully saturated rings. The van der Waals surface area contributed by atoms with Gasteiger partial charge in [-0.3, -0.25) is 0 Å². The molecule has 20 heavy (non-hydrogen) atoms. The molecule has 0 bridgehead atoms. The average Bonchev–Trinajstić information content (AvgIpc) is 3.12. The molecule has 0 aromatic heterocycles. The van der Waals surface area contributed by atoms with Gasteiger partial charge in [-0.05, 0) is 0 Å². The zero-order chi connectivity index (χ0) is 13.7. The molecule has 8 heteroatoms. The molecule has 4 heterocycles. The fourth-order valence-corrected chi connectivity index (χ4v) is 16.6. The Morgan fingerprint density at radius 3 is 2.00 bits per heavy atom. The van der Waals surface area contributed by atoms with Crippen LogP contribution in [0.1, 0.15) is 13.8 Å². The van der Waals surface area contributed by atoms with Gasteiger partial charge in [0.05, 0.1) is 0 Å². The van der Waals surface area contributed by atoms with Crippen LogP contribution in [0.15, 0.2) is 25.0 Å². The second-order valence-electron chi connectivity index (χ2n) is 4.38. The van der Waals surface area contributed by atoms with Crippen molar-refractivity contribution in [1.29, 1.82) is 0 Å². The molecule has 0 aromatic carbocycles. The molecule has 0 radical (unpaired) electrons. The Morgan fingerprint density at radius 2 is 1.45 bits per heavy atom. The number of rotatable bonds is 1. The van der Waals surface area contributed by atoms with Crippen LogP contribution in [0, 0.1) is 0 Å². The molecule has 0 saturated carbocycles. The van der Waals surface area contributed by atoms with E-state index in [1.54, 1.807) is 16.6 Å². The van der Waals surface area contributed by atoms with Crippen molar-refractivity contribution in [3.8, 4) is 0 Å². The number of ether oxygens (including phenoxy) is 2. The molecule has 2 nitrogen and oxygen atoms in total. The van der Waals surface area contributed by atoms with E-state index in [4.69, 9.17) is 9.47 Å². The third-order valence-electron chi connectivity index (χ3n) is 3.01. The molecule has 0 unspecified atom stereocenters. The fraction of sp³-hybridized carbons (Fsp3) is 0.500. The van der Waals surface area contributed by atoms with Gasteiger partial charge in [0.15, 0.2) is 0 Å². The van der Waals surface area contributed by atoms with Crippen molar-refractivity contribution in [2.24, 2.45) is 0 Å². The first-order valence-electron chi connectivity index (χ1n) is 6.14. The Bertz CT molecular complexity index is 516. The molecule has 0 aromatic rings. The first kappa shape index (κ1) is 15.1. The van der Waals surface area contributed by atoms with Gasteiger partial charge in [-0.25, -0.2) is 0 Å².